The lowest BCUT2D eigenvalue weighted by molar-refractivity contribution is -0.144. The van der Waals surface area contributed by atoms with Gasteiger partial charge in [-0.25, -0.2) is 0 Å². The van der Waals surface area contributed by atoms with Gasteiger partial charge in [0, 0.05) is 11.6 Å². The number of likely N-dealkylation sites (N-methyl/N-ethyl adjacent to an activating group) is 1. The average Bonchev–Trinajstić information content (AvgIpc) is 2.32. The summed E-state index contributed by atoms with van der Waals surface area (Å²) < 4.78 is 10.4. The van der Waals surface area contributed by atoms with Crippen LogP contribution in [0.2, 0.25) is 5.02 Å². The number of ether oxygens (including phenoxy) is 2. The monoisotopic (exact) mass is 271 g/mol. The fraction of sp³-hybridized carbons (Fsp3) is 0.462. The molecule has 0 aliphatic heterocycles. The van der Waals surface area contributed by atoms with Gasteiger partial charge in [0.05, 0.1) is 13.2 Å². The number of nitrogens with zero attached hydrogens (tertiary/aromatic N) is 1. The maximum atomic E-state index is 11.2. The topological polar surface area (TPSA) is 38.8 Å². The van der Waals surface area contributed by atoms with Gasteiger partial charge in [0.2, 0.25) is 0 Å². The van der Waals surface area contributed by atoms with E-state index in [4.69, 9.17) is 21.1 Å². The Labute approximate surface area is 112 Å². The normalized spacial score (nSPS) is 10.4. The molecule has 0 atom stereocenters. The standard InChI is InChI=1S/C13H18ClNO3/c1-3-17-13(16)10-15(2)8-9-18-12-6-4-11(14)5-7-12/h4-7H,3,8-10H2,1-2H3. The highest BCUT2D eigenvalue weighted by atomic mass is 35.5. The molecule has 18 heavy (non-hydrogen) atoms. The lowest BCUT2D eigenvalue weighted by Crippen LogP contribution is -2.30. The van der Waals surface area contributed by atoms with Gasteiger partial charge in [-0.15, -0.1) is 0 Å². The average molecular weight is 272 g/mol. The number of carbonyl (C=O) groups excluding carboxylic acids is 1. The number of benzene rings is 1. The molecule has 0 aliphatic carbocycles. The molecule has 0 aromatic heterocycles. The van der Waals surface area contributed by atoms with Crippen molar-refractivity contribution in [3.05, 3.63) is 29.3 Å². The van der Waals surface area contributed by atoms with Crippen LogP contribution in [0.5, 0.6) is 5.75 Å². The van der Waals surface area contributed by atoms with Crippen molar-refractivity contribution in [1.82, 2.24) is 4.90 Å². The van der Waals surface area contributed by atoms with Crippen molar-refractivity contribution in [3.8, 4) is 5.75 Å². The van der Waals surface area contributed by atoms with Gasteiger partial charge in [0.25, 0.3) is 0 Å². The minimum absolute atomic E-state index is 0.216. The largest absolute Gasteiger partial charge is 0.492 e. The number of esters is 1. The zero-order valence-corrected chi connectivity index (χ0v) is 11.4. The first kappa shape index (κ1) is 14.8. The van der Waals surface area contributed by atoms with Crippen molar-refractivity contribution < 1.29 is 14.3 Å². The van der Waals surface area contributed by atoms with Gasteiger partial charge >= 0.3 is 5.97 Å². The van der Waals surface area contributed by atoms with E-state index in [9.17, 15) is 4.79 Å². The second kappa shape index (κ2) is 7.95. The summed E-state index contributed by atoms with van der Waals surface area (Å²) in [7, 11) is 1.85. The van der Waals surface area contributed by atoms with Crippen LogP contribution in [0.4, 0.5) is 0 Å². The molecule has 5 heteroatoms. The first-order valence-corrected chi connectivity index (χ1v) is 6.22. The molecule has 1 aromatic carbocycles. The zero-order chi connectivity index (χ0) is 13.4. The summed E-state index contributed by atoms with van der Waals surface area (Å²) in [6.07, 6.45) is 0. The Hall–Kier alpha value is -1.26. The summed E-state index contributed by atoms with van der Waals surface area (Å²) in [6, 6.07) is 7.18. The minimum Gasteiger partial charge on any atom is -0.492 e. The smallest absolute Gasteiger partial charge is 0.320 e. The first-order chi connectivity index (χ1) is 8.61. The SMILES string of the molecule is CCOC(=O)CN(C)CCOc1ccc(Cl)cc1. The van der Waals surface area contributed by atoms with Crippen molar-refractivity contribution >= 4 is 17.6 Å². The van der Waals surface area contributed by atoms with Crippen LogP contribution in [0.3, 0.4) is 0 Å². The molecule has 0 N–H and O–H groups in total. The molecule has 0 radical (unpaired) electrons. The first-order valence-electron chi connectivity index (χ1n) is 5.84. The van der Waals surface area contributed by atoms with E-state index in [0.29, 0.717) is 24.8 Å². The molecular formula is C13H18ClNO3. The van der Waals surface area contributed by atoms with E-state index < -0.39 is 0 Å². The Morgan fingerprint density at radius 2 is 2.00 bits per heavy atom. The van der Waals surface area contributed by atoms with Crippen molar-refractivity contribution in [3.63, 3.8) is 0 Å². The van der Waals surface area contributed by atoms with Crippen molar-refractivity contribution in [2.45, 2.75) is 6.92 Å². The molecule has 100 valence electrons. The van der Waals surface area contributed by atoms with E-state index >= 15 is 0 Å². The maximum absolute atomic E-state index is 11.2. The lowest BCUT2D eigenvalue weighted by atomic mass is 10.3. The fourth-order valence-electron chi connectivity index (χ4n) is 1.36. The summed E-state index contributed by atoms with van der Waals surface area (Å²) >= 11 is 5.77. The molecular weight excluding hydrogens is 254 g/mol. The Kier molecular flexibility index (Phi) is 6.54. The third-order valence-corrected chi connectivity index (χ3v) is 2.51. The Morgan fingerprint density at radius 3 is 2.61 bits per heavy atom. The molecule has 0 heterocycles. The lowest BCUT2D eigenvalue weighted by Gasteiger charge is -2.15. The highest BCUT2D eigenvalue weighted by molar-refractivity contribution is 6.30. The Balaban J connectivity index is 2.21. The molecule has 0 unspecified atom stereocenters. The molecule has 0 saturated heterocycles. The van der Waals surface area contributed by atoms with Crippen LogP contribution >= 0.6 is 11.6 Å². The molecule has 1 rings (SSSR count). The molecule has 4 nitrogen and oxygen atoms in total. The molecule has 0 amide bonds. The minimum atomic E-state index is -0.216. The van der Waals surface area contributed by atoms with E-state index in [-0.39, 0.29) is 12.5 Å². The number of halogens is 1. The van der Waals surface area contributed by atoms with Crippen LogP contribution in [-0.4, -0.2) is 44.2 Å². The second-order valence-electron chi connectivity index (χ2n) is 3.85. The van der Waals surface area contributed by atoms with Gasteiger partial charge in [-0.1, -0.05) is 11.6 Å². The number of hydrogen-bond donors (Lipinski definition) is 0. The van der Waals surface area contributed by atoms with E-state index in [0.717, 1.165) is 5.75 Å². The van der Waals surface area contributed by atoms with E-state index in [1.807, 2.05) is 24.1 Å². The highest BCUT2D eigenvalue weighted by Crippen LogP contribution is 2.15. The summed E-state index contributed by atoms with van der Waals surface area (Å²) in [5, 5.41) is 0.682. The third-order valence-electron chi connectivity index (χ3n) is 2.26. The predicted molar refractivity (Wildman–Crippen MR) is 71.1 cm³/mol. The second-order valence-corrected chi connectivity index (χ2v) is 4.28. The maximum Gasteiger partial charge on any atom is 0.320 e. The van der Waals surface area contributed by atoms with Crippen LogP contribution in [0, 0.1) is 0 Å². The van der Waals surface area contributed by atoms with Crippen molar-refractivity contribution in [1.29, 1.82) is 0 Å². The summed E-state index contributed by atoms with van der Waals surface area (Å²) in [5.74, 6) is 0.551. The van der Waals surface area contributed by atoms with Gasteiger partial charge in [0.1, 0.15) is 12.4 Å². The molecule has 0 aliphatic rings. The highest BCUT2D eigenvalue weighted by Gasteiger charge is 2.06. The quantitative estimate of drug-likeness (QED) is 0.713. The van der Waals surface area contributed by atoms with E-state index in [1.165, 1.54) is 0 Å². The number of carbonyl (C=O) groups is 1. The van der Waals surface area contributed by atoms with E-state index in [1.54, 1.807) is 19.1 Å². The molecule has 0 fully saturated rings. The zero-order valence-electron chi connectivity index (χ0n) is 10.7. The molecule has 0 spiro atoms. The van der Waals surface area contributed by atoms with Crippen LogP contribution in [0.1, 0.15) is 6.92 Å². The Bertz CT molecular complexity index is 367. The van der Waals surface area contributed by atoms with Crippen LogP contribution in [0.15, 0.2) is 24.3 Å². The van der Waals surface area contributed by atoms with Crippen molar-refractivity contribution in [2.24, 2.45) is 0 Å². The van der Waals surface area contributed by atoms with E-state index in [2.05, 4.69) is 0 Å². The summed E-state index contributed by atoms with van der Waals surface area (Å²) in [5.41, 5.74) is 0. The van der Waals surface area contributed by atoms with Crippen LogP contribution in [0.25, 0.3) is 0 Å². The summed E-state index contributed by atoms with van der Waals surface area (Å²) in [4.78, 5) is 13.1. The Morgan fingerprint density at radius 1 is 1.33 bits per heavy atom. The van der Waals surface area contributed by atoms with Gasteiger partial charge in [-0.05, 0) is 38.2 Å². The van der Waals surface area contributed by atoms with Gasteiger partial charge in [0.15, 0.2) is 0 Å². The molecule has 0 bridgehead atoms. The van der Waals surface area contributed by atoms with Gasteiger partial charge < -0.3 is 9.47 Å². The summed E-state index contributed by atoms with van der Waals surface area (Å²) in [6.45, 7) is 3.65. The number of rotatable bonds is 7. The third kappa shape index (κ3) is 5.89. The molecule has 1 aromatic rings. The fourth-order valence-corrected chi connectivity index (χ4v) is 1.48. The van der Waals surface area contributed by atoms with Crippen LogP contribution in [-0.2, 0) is 9.53 Å². The van der Waals surface area contributed by atoms with Gasteiger partial charge in [-0.3, -0.25) is 9.69 Å². The molecule has 0 saturated carbocycles. The van der Waals surface area contributed by atoms with Gasteiger partial charge in [-0.2, -0.15) is 0 Å². The van der Waals surface area contributed by atoms with Crippen LogP contribution < -0.4 is 4.74 Å². The van der Waals surface area contributed by atoms with Crippen molar-refractivity contribution in [2.75, 3.05) is 33.4 Å². The number of hydrogen-bond acceptors (Lipinski definition) is 4. The predicted octanol–water partition coefficient (Wildman–Crippen LogP) is 2.21.